The van der Waals surface area contributed by atoms with Crippen molar-refractivity contribution in [2.45, 2.75) is 6.92 Å². The summed E-state index contributed by atoms with van der Waals surface area (Å²) in [5.74, 6) is -1.45. The number of nitrogens with zero attached hydrogens (tertiary/aromatic N) is 2. The van der Waals surface area contributed by atoms with Crippen LogP contribution in [-0.4, -0.2) is 15.7 Å². The monoisotopic (exact) mass is 260 g/mol. The highest BCUT2D eigenvalue weighted by Crippen LogP contribution is 2.20. The van der Waals surface area contributed by atoms with E-state index in [0.29, 0.717) is 5.69 Å². The van der Waals surface area contributed by atoms with Crippen molar-refractivity contribution in [3.8, 4) is 0 Å². The minimum absolute atomic E-state index is 0.0335. The summed E-state index contributed by atoms with van der Waals surface area (Å²) < 4.78 is 13.2. The third kappa shape index (κ3) is 2.62. The molecule has 19 heavy (non-hydrogen) atoms. The molecule has 1 aromatic heterocycles. The Hall–Kier alpha value is -2.63. The van der Waals surface area contributed by atoms with Crippen molar-refractivity contribution in [2.24, 2.45) is 0 Å². The number of benzene rings is 1. The number of hydrogen-bond donors (Lipinski definition) is 0. The molecule has 0 saturated carbocycles. The van der Waals surface area contributed by atoms with E-state index in [0.717, 1.165) is 12.1 Å². The molecular weight excluding hydrogens is 251 g/mol. The molecule has 0 aliphatic rings. The number of ketones is 1. The van der Waals surface area contributed by atoms with E-state index in [1.165, 1.54) is 12.1 Å². The smallest absolute Gasteiger partial charge is 0.287 e. The van der Waals surface area contributed by atoms with Gasteiger partial charge in [-0.3, -0.25) is 14.9 Å². The fourth-order valence-corrected chi connectivity index (χ4v) is 1.61. The predicted octanol–water partition coefficient (Wildman–Crippen LogP) is 2.67. The van der Waals surface area contributed by atoms with Gasteiger partial charge >= 0.3 is 5.69 Å². The topological polar surface area (TPSA) is 73.1 Å². The predicted molar refractivity (Wildman–Crippen MR) is 65.5 cm³/mol. The Labute approximate surface area is 107 Å². The fourth-order valence-electron chi connectivity index (χ4n) is 1.61. The quantitative estimate of drug-likeness (QED) is 0.483. The number of aryl methyl sites for hydroxylation is 1. The van der Waals surface area contributed by atoms with Gasteiger partial charge in [0.05, 0.1) is 4.92 Å². The average molecular weight is 260 g/mol. The molecular formula is C13H9FN2O3. The molecule has 0 unspecified atom stereocenters. The van der Waals surface area contributed by atoms with Crippen molar-refractivity contribution in [3.05, 3.63) is 69.3 Å². The number of pyridine rings is 1. The molecule has 0 N–H and O–H groups in total. The summed E-state index contributed by atoms with van der Waals surface area (Å²) in [7, 11) is 0. The molecule has 0 atom stereocenters. The lowest BCUT2D eigenvalue weighted by molar-refractivity contribution is -0.387. The molecule has 0 spiro atoms. The van der Waals surface area contributed by atoms with Crippen LogP contribution < -0.4 is 0 Å². The Morgan fingerprint density at radius 1 is 1.32 bits per heavy atom. The number of halogens is 1. The highest BCUT2D eigenvalue weighted by Gasteiger charge is 2.19. The van der Waals surface area contributed by atoms with Gasteiger partial charge in [0.25, 0.3) is 0 Å². The van der Waals surface area contributed by atoms with Crippen LogP contribution in [0.3, 0.4) is 0 Å². The zero-order valence-corrected chi connectivity index (χ0v) is 9.96. The first-order chi connectivity index (χ1) is 8.99. The molecule has 0 fully saturated rings. The summed E-state index contributed by atoms with van der Waals surface area (Å²) in [6.45, 7) is 1.73. The number of carbonyl (C=O) groups excluding carboxylic acids is 1. The zero-order valence-electron chi connectivity index (χ0n) is 9.96. The maximum Gasteiger partial charge on any atom is 0.305 e. The van der Waals surface area contributed by atoms with E-state index in [-0.39, 0.29) is 11.3 Å². The average Bonchev–Trinajstić information content (AvgIpc) is 2.38. The standard InChI is InChI=1S/C13H9FN2O3/c1-8-3-2-4-11(15-8)13(17)9-5-6-10(14)12(7-9)16(18)19/h2-7H,1H3. The van der Waals surface area contributed by atoms with Crippen LogP contribution in [0.15, 0.2) is 36.4 Å². The van der Waals surface area contributed by atoms with E-state index in [4.69, 9.17) is 0 Å². The van der Waals surface area contributed by atoms with Crippen molar-refractivity contribution in [2.75, 3.05) is 0 Å². The summed E-state index contributed by atoms with van der Waals surface area (Å²) in [5.41, 5.74) is 0.132. The molecule has 5 nitrogen and oxygen atoms in total. The third-order valence-electron chi connectivity index (χ3n) is 2.53. The maximum atomic E-state index is 13.2. The molecule has 0 radical (unpaired) electrons. The molecule has 1 aromatic carbocycles. The van der Waals surface area contributed by atoms with Gasteiger partial charge in [-0.25, -0.2) is 4.98 Å². The summed E-state index contributed by atoms with van der Waals surface area (Å²) in [6.07, 6.45) is 0. The fraction of sp³-hybridized carbons (Fsp3) is 0.0769. The molecule has 1 heterocycles. The Balaban J connectivity index is 2.45. The zero-order chi connectivity index (χ0) is 14.0. The highest BCUT2D eigenvalue weighted by atomic mass is 19.1. The van der Waals surface area contributed by atoms with Crippen LogP contribution in [0, 0.1) is 22.9 Å². The van der Waals surface area contributed by atoms with Gasteiger partial charge in [-0.1, -0.05) is 6.07 Å². The minimum atomic E-state index is -0.973. The normalized spacial score (nSPS) is 10.2. The molecule has 0 aliphatic carbocycles. The van der Waals surface area contributed by atoms with E-state index < -0.39 is 22.2 Å². The summed E-state index contributed by atoms with van der Waals surface area (Å²) in [6, 6.07) is 7.92. The summed E-state index contributed by atoms with van der Waals surface area (Å²) in [5, 5.41) is 10.6. The van der Waals surface area contributed by atoms with Crippen molar-refractivity contribution < 1.29 is 14.1 Å². The lowest BCUT2D eigenvalue weighted by atomic mass is 10.1. The molecule has 2 aromatic rings. The molecule has 0 aliphatic heterocycles. The van der Waals surface area contributed by atoms with Gasteiger partial charge in [0, 0.05) is 17.3 Å². The van der Waals surface area contributed by atoms with Gasteiger partial charge in [0.2, 0.25) is 11.6 Å². The van der Waals surface area contributed by atoms with Gasteiger partial charge in [-0.2, -0.15) is 4.39 Å². The van der Waals surface area contributed by atoms with E-state index >= 15 is 0 Å². The molecule has 96 valence electrons. The van der Waals surface area contributed by atoms with Crippen LogP contribution in [-0.2, 0) is 0 Å². The maximum absolute atomic E-state index is 13.2. The third-order valence-corrected chi connectivity index (χ3v) is 2.53. The van der Waals surface area contributed by atoms with E-state index in [9.17, 15) is 19.3 Å². The van der Waals surface area contributed by atoms with Gasteiger partial charge < -0.3 is 0 Å². The number of rotatable bonds is 3. The van der Waals surface area contributed by atoms with Crippen molar-refractivity contribution in [1.82, 2.24) is 4.98 Å². The molecule has 2 rings (SSSR count). The first-order valence-electron chi connectivity index (χ1n) is 5.41. The van der Waals surface area contributed by atoms with Crippen LogP contribution >= 0.6 is 0 Å². The van der Waals surface area contributed by atoms with Crippen LogP contribution in [0.1, 0.15) is 21.7 Å². The Morgan fingerprint density at radius 3 is 2.68 bits per heavy atom. The number of carbonyl (C=O) groups is 1. The first-order valence-corrected chi connectivity index (χ1v) is 5.41. The summed E-state index contributed by atoms with van der Waals surface area (Å²) >= 11 is 0. The lowest BCUT2D eigenvalue weighted by Gasteiger charge is -2.02. The van der Waals surface area contributed by atoms with Crippen molar-refractivity contribution >= 4 is 11.5 Å². The second-order valence-corrected chi connectivity index (χ2v) is 3.92. The molecule has 0 bridgehead atoms. The van der Waals surface area contributed by atoms with E-state index in [2.05, 4.69) is 4.98 Å². The highest BCUT2D eigenvalue weighted by molar-refractivity contribution is 6.08. The molecule has 6 heteroatoms. The van der Waals surface area contributed by atoms with Gasteiger partial charge in [-0.05, 0) is 31.2 Å². The number of aromatic nitrogens is 1. The molecule has 0 saturated heterocycles. The lowest BCUT2D eigenvalue weighted by Crippen LogP contribution is -2.06. The Morgan fingerprint density at radius 2 is 2.05 bits per heavy atom. The SMILES string of the molecule is Cc1cccc(C(=O)c2ccc(F)c([N+](=O)[O-])c2)n1. The minimum Gasteiger partial charge on any atom is -0.287 e. The number of nitro benzene ring substituents is 1. The summed E-state index contributed by atoms with van der Waals surface area (Å²) in [4.78, 5) is 25.9. The van der Waals surface area contributed by atoms with Crippen molar-refractivity contribution in [3.63, 3.8) is 0 Å². The number of nitro groups is 1. The van der Waals surface area contributed by atoms with Crippen LogP contribution in [0.2, 0.25) is 0 Å². The van der Waals surface area contributed by atoms with Crippen LogP contribution in [0.25, 0.3) is 0 Å². The van der Waals surface area contributed by atoms with Gasteiger partial charge in [-0.15, -0.1) is 0 Å². The van der Waals surface area contributed by atoms with Crippen LogP contribution in [0.4, 0.5) is 10.1 Å². The van der Waals surface area contributed by atoms with Gasteiger partial charge in [0.1, 0.15) is 5.69 Å². The second kappa shape index (κ2) is 4.93. The second-order valence-electron chi connectivity index (χ2n) is 3.92. The van der Waals surface area contributed by atoms with E-state index in [1.807, 2.05) is 0 Å². The van der Waals surface area contributed by atoms with Gasteiger partial charge in [0.15, 0.2) is 0 Å². The Bertz CT molecular complexity index is 671. The van der Waals surface area contributed by atoms with Crippen LogP contribution in [0.5, 0.6) is 0 Å². The molecule has 0 amide bonds. The largest absolute Gasteiger partial charge is 0.305 e. The Kier molecular flexibility index (Phi) is 3.33. The number of hydrogen-bond acceptors (Lipinski definition) is 4. The first kappa shape index (κ1) is 12.8. The van der Waals surface area contributed by atoms with Crippen molar-refractivity contribution in [1.29, 1.82) is 0 Å². The van der Waals surface area contributed by atoms with E-state index in [1.54, 1.807) is 19.1 Å².